The fraction of sp³-hybridized carbons (Fsp3) is 0.200. The summed E-state index contributed by atoms with van der Waals surface area (Å²) < 4.78 is 24.8. The minimum absolute atomic E-state index is 0.0619. The fourth-order valence-corrected chi connectivity index (χ4v) is 3.54. The lowest BCUT2D eigenvalue weighted by atomic mass is 10.1. The van der Waals surface area contributed by atoms with Gasteiger partial charge >= 0.3 is 6.03 Å². The van der Waals surface area contributed by atoms with Crippen molar-refractivity contribution in [3.05, 3.63) is 62.6 Å². The molecule has 0 bridgehead atoms. The summed E-state index contributed by atoms with van der Waals surface area (Å²) in [5, 5.41) is 2.58. The monoisotopic (exact) mass is 496 g/mol. The highest BCUT2D eigenvalue weighted by molar-refractivity contribution is 14.1. The van der Waals surface area contributed by atoms with Crippen LogP contribution in [0, 0.1) is 9.39 Å². The van der Waals surface area contributed by atoms with E-state index in [-0.39, 0.29) is 18.1 Å². The maximum atomic E-state index is 13.0. The van der Waals surface area contributed by atoms with Crippen LogP contribution in [-0.4, -0.2) is 30.6 Å². The molecule has 0 aromatic heterocycles. The summed E-state index contributed by atoms with van der Waals surface area (Å²) in [4.78, 5) is 25.9. The van der Waals surface area contributed by atoms with Gasteiger partial charge in [0, 0.05) is 0 Å². The number of urea groups is 1. The van der Waals surface area contributed by atoms with Crippen LogP contribution in [0.15, 0.2) is 42.1 Å². The van der Waals surface area contributed by atoms with E-state index in [1.807, 2.05) is 13.0 Å². The number of rotatable bonds is 6. The molecule has 0 radical (unpaired) electrons. The van der Waals surface area contributed by atoms with Gasteiger partial charge in [-0.05, 0) is 71.0 Å². The second kappa shape index (κ2) is 8.59. The average Bonchev–Trinajstić information content (AvgIpc) is 2.92. The van der Waals surface area contributed by atoms with Crippen molar-refractivity contribution in [2.45, 2.75) is 13.5 Å². The van der Waals surface area contributed by atoms with Crippen LogP contribution < -0.4 is 14.8 Å². The van der Waals surface area contributed by atoms with Gasteiger partial charge < -0.3 is 14.8 Å². The molecule has 1 heterocycles. The molecule has 1 N–H and O–H groups in total. The molecule has 1 aliphatic rings. The summed E-state index contributed by atoms with van der Waals surface area (Å²) in [7, 11) is 1.54. The molecule has 1 aliphatic heterocycles. The van der Waals surface area contributed by atoms with E-state index in [1.54, 1.807) is 12.1 Å². The molecule has 0 spiro atoms. The Bertz CT molecular complexity index is 944. The number of methoxy groups -OCH3 is 1. The van der Waals surface area contributed by atoms with Crippen molar-refractivity contribution in [1.82, 2.24) is 10.2 Å². The topological polar surface area (TPSA) is 67.9 Å². The zero-order valence-corrected chi connectivity index (χ0v) is 17.4. The van der Waals surface area contributed by atoms with Gasteiger partial charge in [0.25, 0.3) is 5.91 Å². The first kappa shape index (κ1) is 20.1. The number of hydrogen-bond donors (Lipinski definition) is 1. The molecule has 3 rings (SSSR count). The smallest absolute Gasteiger partial charge is 0.329 e. The van der Waals surface area contributed by atoms with Gasteiger partial charge in [0.15, 0.2) is 11.5 Å². The van der Waals surface area contributed by atoms with Crippen LogP contribution in [0.1, 0.15) is 18.1 Å². The Morgan fingerprint density at radius 1 is 1.21 bits per heavy atom. The maximum Gasteiger partial charge on any atom is 0.329 e. The van der Waals surface area contributed by atoms with E-state index in [0.717, 1.165) is 8.47 Å². The number of imide groups is 1. The highest BCUT2D eigenvalue weighted by Crippen LogP contribution is 2.34. The van der Waals surface area contributed by atoms with Crippen LogP contribution >= 0.6 is 22.6 Å². The van der Waals surface area contributed by atoms with Gasteiger partial charge in [-0.15, -0.1) is 0 Å². The predicted octanol–water partition coefficient (Wildman–Crippen LogP) is 3.93. The van der Waals surface area contributed by atoms with E-state index in [1.165, 1.54) is 31.4 Å². The Morgan fingerprint density at radius 3 is 2.57 bits per heavy atom. The van der Waals surface area contributed by atoms with Crippen molar-refractivity contribution in [3.63, 3.8) is 0 Å². The molecule has 2 aromatic carbocycles. The minimum atomic E-state index is -0.520. The standard InChI is InChI=1S/C20H18FIN2O4/c1-3-28-18-15(22)8-13(10-17(18)27-2)9-16-19(25)24(20(26)23-16)11-12-4-6-14(21)7-5-12/h4-10H,3,11H2,1-2H3,(H,23,26). The zero-order chi connectivity index (χ0) is 20.3. The maximum absolute atomic E-state index is 13.0. The molecule has 0 aliphatic carbocycles. The number of nitrogens with zero attached hydrogens (tertiary/aromatic N) is 1. The van der Waals surface area contributed by atoms with Gasteiger partial charge in [-0.3, -0.25) is 9.69 Å². The lowest BCUT2D eigenvalue weighted by Crippen LogP contribution is -2.30. The molecule has 28 heavy (non-hydrogen) atoms. The molecule has 6 nitrogen and oxygen atoms in total. The Morgan fingerprint density at radius 2 is 1.93 bits per heavy atom. The number of hydrogen-bond acceptors (Lipinski definition) is 4. The van der Waals surface area contributed by atoms with Crippen LogP contribution in [0.3, 0.4) is 0 Å². The third-order valence-electron chi connectivity index (χ3n) is 4.07. The third kappa shape index (κ3) is 4.27. The number of benzene rings is 2. The summed E-state index contributed by atoms with van der Waals surface area (Å²) >= 11 is 2.13. The van der Waals surface area contributed by atoms with E-state index >= 15 is 0 Å². The molecule has 0 unspecified atom stereocenters. The highest BCUT2D eigenvalue weighted by atomic mass is 127. The molecule has 146 valence electrons. The quantitative estimate of drug-likeness (QED) is 0.374. The minimum Gasteiger partial charge on any atom is -0.493 e. The summed E-state index contributed by atoms with van der Waals surface area (Å²) in [6.07, 6.45) is 1.59. The molecule has 0 saturated carbocycles. The fourth-order valence-electron chi connectivity index (χ4n) is 2.76. The number of amides is 3. The van der Waals surface area contributed by atoms with Gasteiger partial charge in [0.2, 0.25) is 0 Å². The van der Waals surface area contributed by atoms with E-state index in [2.05, 4.69) is 27.9 Å². The summed E-state index contributed by atoms with van der Waals surface area (Å²) in [6, 6.07) is 8.71. The lowest BCUT2D eigenvalue weighted by Gasteiger charge is -2.12. The van der Waals surface area contributed by atoms with Crippen molar-refractivity contribution in [2.24, 2.45) is 0 Å². The summed E-state index contributed by atoms with van der Waals surface area (Å²) in [5.41, 5.74) is 1.51. The second-order valence-electron chi connectivity index (χ2n) is 5.97. The van der Waals surface area contributed by atoms with Crippen LogP contribution in [-0.2, 0) is 11.3 Å². The molecule has 2 aromatic rings. The van der Waals surface area contributed by atoms with Crippen LogP contribution in [0.5, 0.6) is 11.5 Å². The summed E-state index contributed by atoms with van der Waals surface area (Å²) in [6.45, 7) is 2.44. The Labute approximate surface area is 175 Å². The predicted molar refractivity (Wildman–Crippen MR) is 110 cm³/mol. The number of carbonyl (C=O) groups excluding carboxylic acids is 2. The van der Waals surface area contributed by atoms with Crippen molar-refractivity contribution in [1.29, 1.82) is 0 Å². The van der Waals surface area contributed by atoms with Crippen molar-refractivity contribution >= 4 is 40.6 Å². The Kier molecular flexibility index (Phi) is 6.18. The molecule has 3 amide bonds. The molecule has 0 atom stereocenters. The van der Waals surface area contributed by atoms with Gasteiger partial charge in [-0.1, -0.05) is 12.1 Å². The van der Waals surface area contributed by atoms with Crippen molar-refractivity contribution in [3.8, 4) is 11.5 Å². The highest BCUT2D eigenvalue weighted by Gasteiger charge is 2.33. The molecule has 8 heteroatoms. The van der Waals surface area contributed by atoms with Crippen molar-refractivity contribution < 1.29 is 23.5 Å². The van der Waals surface area contributed by atoms with Gasteiger partial charge in [0.1, 0.15) is 11.5 Å². The molecular weight excluding hydrogens is 478 g/mol. The number of ether oxygens (including phenoxy) is 2. The summed E-state index contributed by atoms with van der Waals surface area (Å²) in [5.74, 6) is 0.353. The average molecular weight is 496 g/mol. The van der Waals surface area contributed by atoms with Crippen molar-refractivity contribution in [2.75, 3.05) is 13.7 Å². The van der Waals surface area contributed by atoms with Gasteiger partial charge in [0.05, 0.1) is 23.8 Å². The Hall–Kier alpha value is -2.62. The first-order valence-electron chi connectivity index (χ1n) is 8.52. The van der Waals surface area contributed by atoms with E-state index in [4.69, 9.17) is 9.47 Å². The normalized spacial score (nSPS) is 15.1. The second-order valence-corrected chi connectivity index (χ2v) is 7.14. The van der Waals surface area contributed by atoms with E-state index in [9.17, 15) is 14.0 Å². The van der Waals surface area contributed by atoms with Crippen LogP contribution in [0.25, 0.3) is 6.08 Å². The third-order valence-corrected chi connectivity index (χ3v) is 4.87. The first-order chi connectivity index (χ1) is 13.4. The number of nitrogens with one attached hydrogen (secondary N) is 1. The van der Waals surface area contributed by atoms with E-state index < -0.39 is 11.9 Å². The SMILES string of the molecule is CCOc1c(I)cc(C=C2NC(=O)N(Cc3ccc(F)cc3)C2=O)cc1OC. The van der Waals surface area contributed by atoms with E-state index in [0.29, 0.717) is 29.2 Å². The van der Waals surface area contributed by atoms with Crippen LogP contribution in [0.2, 0.25) is 0 Å². The number of halogens is 2. The molecule has 1 saturated heterocycles. The molecule has 1 fully saturated rings. The zero-order valence-electron chi connectivity index (χ0n) is 15.3. The van der Waals surface area contributed by atoms with Gasteiger partial charge in [-0.25, -0.2) is 9.18 Å². The largest absolute Gasteiger partial charge is 0.493 e. The Balaban J connectivity index is 1.85. The van der Waals surface area contributed by atoms with Gasteiger partial charge in [-0.2, -0.15) is 0 Å². The number of carbonyl (C=O) groups is 2. The lowest BCUT2D eigenvalue weighted by molar-refractivity contribution is -0.123. The van der Waals surface area contributed by atoms with Crippen LogP contribution in [0.4, 0.5) is 9.18 Å². The molecular formula is C20H18FIN2O4. The first-order valence-corrected chi connectivity index (χ1v) is 9.60.